The lowest BCUT2D eigenvalue weighted by Gasteiger charge is -2.29. The van der Waals surface area contributed by atoms with Crippen LogP contribution in [0.1, 0.15) is 41.5 Å². The normalized spacial score (nSPS) is 12.3. The lowest BCUT2D eigenvalue weighted by atomic mass is 10.1. The average Bonchev–Trinajstić information content (AvgIpc) is 2.47. The molecule has 0 atom stereocenters. The Morgan fingerprint density at radius 2 is 1.69 bits per heavy atom. The van der Waals surface area contributed by atoms with Crippen LogP contribution in [0.25, 0.3) is 0 Å². The highest BCUT2D eigenvalue weighted by atomic mass is 16.6. The van der Waals surface area contributed by atoms with Crippen LogP contribution in [-0.2, 0) is 14.3 Å². The van der Waals surface area contributed by atoms with Gasteiger partial charge in [0.2, 0.25) is 5.91 Å². The van der Waals surface area contributed by atoms with Crippen LogP contribution < -0.4 is 21.3 Å². The van der Waals surface area contributed by atoms with Crippen molar-refractivity contribution >= 4 is 18.0 Å². The predicted octanol–water partition coefficient (Wildman–Crippen LogP) is 0.607. The summed E-state index contributed by atoms with van der Waals surface area (Å²) >= 11 is 0. The second kappa shape index (κ2) is 11.6. The Morgan fingerprint density at radius 1 is 1.04 bits per heavy atom. The molecule has 0 aromatic carbocycles. The van der Waals surface area contributed by atoms with E-state index in [2.05, 4.69) is 26.3 Å². The number of carbonyl (C=O) groups is 2. The Labute approximate surface area is 156 Å². The highest BCUT2D eigenvalue weighted by molar-refractivity contribution is 5.85. The van der Waals surface area contributed by atoms with E-state index >= 15 is 0 Å². The molecule has 0 aromatic heterocycles. The number of hydrogen-bond acceptors (Lipinski definition) is 5. The zero-order valence-corrected chi connectivity index (χ0v) is 17.1. The van der Waals surface area contributed by atoms with Crippen LogP contribution in [0.4, 0.5) is 4.79 Å². The zero-order chi connectivity index (χ0) is 20.2. The number of guanidine groups is 1. The largest absolute Gasteiger partial charge is 0.444 e. The van der Waals surface area contributed by atoms with Crippen molar-refractivity contribution in [3.63, 3.8) is 0 Å². The molecule has 0 spiro atoms. The first kappa shape index (κ1) is 24.0. The quantitative estimate of drug-likeness (QED) is 0.268. The topological polar surface area (TPSA) is 113 Å². The molecule has 0 fully saturated rings. The maximum absolute atomic E-state index is 11.9. The van der Waals surface area contributed by atoms with Crippen LogP contribution in [-0.4, -0.2) is 69.0 Å². The lowest BCUT2D eigenvalue weighted by Crippen LogP contribution is -2.54. The molecule has 0 aliphatic heterocycles. The Hall–Kier alpha value is -2.03. The van der Waals surface area contributed by atoms with E-state index in [0.717, 1.165) is 0 Å². The second-order valence-electron chi connectivity index (χ2n) is 7.40. The van der Waals surface area contributed by atoms with Gasteiger partial charge in [0.05, 0.1) is 12.1 Å². The number of carbonyl (C=O) groups excluding carboxylic acids is 2. The maximum Gasteiger partial charge on any atom is 0.408 e. The third kappa shape index (κ3) is 13.3. The van der Waals surface area contributed by atoms with Gasteiger partial charge in [-0.05, 0) is 41.5 Å². The molecule has 9 nitrogen and oxygen atoms in total. The summed E-state index contributed by atoms with van der Waals surface area (Å²) in [6.45, 7) is 13.1. The Morgan fingerprint density at radius 3 is 2.23 bits per heavy atom. The van der Waals surface area contributed by atoms with Gasteiger partial charge in [-0.15, -0.1) is 0 Å². The van der Waals surface area contributed by atoms with Crippen molar-refractivity contribution in [3.8, 4) is 0 Å². The van der Waals surface area contributed by atoms with E-state index in [1.165, 1.54) is 0 Å². The van der Waals surface area contributed by atoms with E-state index in [0.29, 0.717) is 32.2 Å². The van der Waals surface area contributed by atoms with Gasteiger partial charge in [-0.1, -0.05) is 0 Å². The van der Waals surface area contributed by atoms with Crippen LogP contribution in [0.3, 0.4) is 0 Å². The van der Waals surface area contributed by atoms with E-state index in [9.17, 15) is 9.59 Å². The summed E-state index contributed by atoms with van der Waals surface area (Å²) < 4.78 is 10.1. The van der Waals surface area contributed by atoms with E-state index < -0.39 is 17.2 Å². The number of nitrogens with zero attached hydrogens (tertiary/aromatic N) is 1. The van der Waals surface area contributed by atoms with Crippen molar-refractivity contribution in [2.24, 2.45) is 4.99 Å². The van der Waals surface area contributed by atoms with Gasteiger partial charge in [-0.3, -0.25) is 4.79 Å². The first-order valence-corrected chi connectivity index (χ1v) is 8.78. The molecular weight excluding hydrogens is 338 g/mol. The highest BCUT2D eigenvalue weighted by Crippen LogP contribution is 2.09. The van der Waals surface area contributed by atoms with Crippen molar-refractivity contribution in [2.75, 3.05) is 39.9 Å². The molecule has 4 N–H and O–H groups in total. The second-order valence-corrected chi connectivity index (χ2v) is 7.40. The Balaban J connectivity index is 4.53. The van der Waals surface area contributed by atoms with Crippen LogP contribution >= 0.6 is 0 Å². The third-order valence-corrected chi connectivity index (χ3v) is 2.89. The van der Waals surface area contributed by atoms with Crippen molar-refractivity contribution in [1.82, 2.24) is 21.3 Å². The van der Waals surface area contributed by atoms with Gasteiger partial charge in [0.15, 0.2) is 5.96 Å². The minimum atomic E-state index is -0.570. The van der Waals surface area contributed by atoms with Crippen molar-refractivity contribution in [3.05, 3.63) is 0 Å². The molecule has 152 valence electrons. The molecule has 0 saturated carbocycles. The number of methoxy groups -OCH3 is 1. The molecule has 0 unspecified atom stereocenters. The lowest BCUT2D eigenvalue weighted by molar-refractivity contribution is -0.119. The van der Waals surface area contributed by atoms with Gasteiger partial charge in [0, 0.05) is 26.7 Å². The standard InChI is InChI=1S/C17H35N5O4/c1-8-18-14(20-11-13(23)19-9-10-25-7)21-12-17(5,6)22-15(24)26-16(2,3)4/h8-12H2,1-7H3,(H,19,23)(H,22,24)(H2,18,20,21). The first-order chi connectivity index (χ1) is 12.0. The summed E-state index contributed by atoms with van der Waals surface area (Å²) in [6.07, 6.45) is -0.483. The minimum absolute atomic E-state index is 0.00102. The predicted molar refractivity (Wildman–Crippen MR) is 102 cm³/mol. The molecule has 0 heterocycles. The number of nitrogens with one attached hydrogen (secondary N) is 4. The highest BCUT2D eigenvalue weighted by Gasteiger charge is 2.24. The Bertz CT molecular complexity index is 472. The van der Waals surface area contributed by atoms with Crippen molar-refractivity contribution in [1.29, 1.82) is 0 Å². The number of alkyl carbamates (subject to hydrolysis) is 1. The third-order valence-electron chi connectivity index (χ3n) is 2.89. The molecule has 0 bridgehead atoms. The summed E-state index contributed by atoms with van der Waals surface area (Å²) in [4.78, 5) is 27.8. The Kier molecular flexibility index (Phi) is 10.7. The molecule has 2 amide bonds. The van der Waals surface area contributed by atoms with Crippen LogP contribution in [0.15, 0.2) is 4.99 Å². The smallest absolute Gasteiger partial charge is 0.408 e. The van der Waals surface area contributed by atoms with E-state index in [-0.39, 0.29) is 12.5 Å². The van der Waals surface area contributed by atoms with Gasteiger partial charge >= 0.3 is 6.09 Å². The van der Waals surface area contributed by atoms with Gasteiger partial charge in [0.25, 0.3) is 0 Å². The van der Waals surface area contributed by atoms with Crippen molar-refractivity contribution in [2.45, 2.75) is 52.7 Å². The van der Waals surface area contributed by atoms with Crippen LogP contribution in [0.2, 0.25) is 0 Å². The van der Waals surface area contributed by atoms with Crippen molar-refractivity contribution < 1.29 is 19.1 Å². The van der Waals surface area contributed by atoms with Gasteiger partial charge in [0.1, 0.15) is 12.1 Å². The monoisotopic (exact) mass is 373 g/mol. The fraction of sp³-hybridized carbons (Fsp3) is 0.824. The molecule has 0 rings (SSSR count). The summed E-state index contributed by atoms with van der Waals surface area (Å²) in [5, 5.41) is 11.7. The fourth-order valence-corrected chi connectivity index (χ4v) is 1.77. The molecule has 0 aliphatic rings. The molecule has 26 heavy (non-hydrogen) atoms. The number of hydrogen-bond donors (Lipinski definition) is 4. The SMILES string of the molecule is CCNC(=NCC(=O)NCCOC)NCC(C)(C)NC(=O)OC(C)(C)C. The average molecular weight is 373 g/mol. The summed E-state index contributed by atoms with van der Waals surface area (Å²) in [7, 11) is 1.57. The number of ether oxygens (including phenoxy) is 2. The number of aliphatic imine (C=N–C) groups is 1. The molecule has 0 aromatic rings. The minimum Gasteiger partial charge on any atom is -0.444 e. The van der Waals surface area contributed by atoms with E-state index in [1.807, 2.05) is 41.5 Å². The molecule has 0 saturated heterocycles. The zero-order valence-electron chi connectivity index (χ0n) is 17.1. The summed E-state index contributed by atoms with van der Waals surface area (Å²) in [6, 6.07) is 0. The summed E-state index contributed by atoms with van der Waals surface area (Å²) in [5.41, 5.74) is -1.13. The molecule has 9 heteroatoms. The number of amides is 2. The summed E-state index contributed by atoms with van der Waals surface area (Å²) in [5.74, 6) is 0.304. The van der Waals surface area contributed by atoms with Crippen LogP contribution in [0.5, 0.6) is 0 Å². The molecule has 0 aliphatic carbocycles. The van der Waals surface area contributed by atoms with E-state index in [4.69, 9.17) is 9.47 Å². The van der Waals surface area contributed by atoms with Gasteiger partial charge in [-0.25, -0.2) is 9.79 Å². The molecular formula is C17H35N5O4. The van der Waals surface area contributed by atoms with Gasteiger partial charge < -0.3 is 30.7 Å². The number of rotatable bonds is 9. The van der Waals surface area contributed by atoms with Crippen LogP contribution in [0, 0.1) is 0 Å². The van der Waals surface area contributed by atoms with Gasteiger partial charge in [-0.2, -0.15) is 0 Å². The first-order valence-electron chi connectivity index (χ1n) is 8.78. The van der Waals surface area contributed by atoms with E-state index in [1.54, 1.807) is 7.11 Å². The maximum atomic E-state index is 11.9. The molecule has 0 radical (unpaired) electrons. The fourth-order valence-electron chi connectivity index (χ4n) is 1.77.